The fraction of sp³-hybridized carbons (Fsp3) is 0.714. The molecule has 0 aromatic rings. The Bertz CT molecular complexity index is 346. The van der Waals surface area contributed by atoms with Gasteiger partial charge in [0.05, 0.1) is 10.5 Å². The Labute approximate surface area is 89.0 Å². The molecule has 0 spiro atoms. The SMILES string of the molecule is CC(C)(NC(=O)CS(C)(=O)=O)C(N)=S. The minimum Gasteiger partial charge on any atom is -0.391 e. The first-order valence-electron chi connectivity index (χ1n) is 3.83. The summed E-state index contributed by atoms with van der Waals surface area (Å²) in [6.45, 7) is 3.21. The van der Waals surface area contributed by atoms with Crippen LogP contribution in [0.25, 0.3) is 0 Å². The summed E-state index contributed by atoms with van der Waals surface area (Å²) in [4.78, 5) is 11.3. The van der Waals surface area contributed by atoms with Crippen LogP contribution in [-0.2, 0) is 14.6 Å². The van der Waals surface area contributed by atoms with Crippen molar-refractivity contribution in [2.75, 3.05) is 12.0 Å². The molecular weight excluding hydrogens is 224 g/mol. The molecule has 5 nitrogen and oxygen atoms in total. The van der Waals surface area contributed by atoms with Crippen LogP contribution >= 0.6 is 12.2 Å². The van der Waals surface area contributed by atoms with Crippen LogP contribution in [0, 0.1) is 0 Å². The van der Waals surface area contributed by atoms with Gasteiger partial charge in [-0.25, -0.2) is 8.42 Å². The Morgan fingerprint density at radius 2 is 1.93 bits per heavy atom. The molecule has 0 atom stereocenters. The maximum atomic E-state index is 11.2. The number of carbonyl (C=O) groups is 1. The Hall–Kier alpha value is -0.690. The van der Waals surface area contributed by atoms with Crippen molar-refractivity contribution in [3.8, 4) is 0 Å². The van der Waals surface area contributed by atoms with Gasteiger partial charge in [0.1, 0.15) is 5.75 Å². The highest BCUT2D eigenvalue weighted by atomic mass is 32.2. The van der Waals surface area contributed by atoms with Gasteiger partial charge in [0.25, 0.3) is 0 Å². The summed E-state index contributed by atoms with van der Waals surface area (Å²) in [7, 11) is -3.32. The maximum Gasteiger partial charge on any atom is 0.235 e. The molecule has 0 saturated heterocycles. The molecule has 0 unspecified atom stereocenters. The molecular formula is C7H14N2O3S2. The molecule has 0 aliphatic carbocycles. The predicted octanol–water partition coefficient (Wildman–Crippen LogP) is -0.788. The van der Waals surface area contributed by atoms with Crippen molar-refractivity contribution < 1.29 is 13.2 Å². The van der Waals surface area contributed by atoms with Crippen molar-refractivity contribution in [2.24, 2.45) is 5.73 Å². The Morgan fingerprint density at radius 3 is 2.21 bits per heavy atom. The van der Waals surface area contributed by atoms with Gasteiger partial charge in [-0.15, -0.1) is 0 Å². The number of amides is 1. The van der Waals surface area contributed by atoms with Crippen molar-refractivity contribution in [3.63, 3.8) is 0 Å². The number of carbonyl (C=O) groups excluding carboxylic acids is 1. The Morgan fingerprint density at radius 1 is 1.50 bits per heavy atom. The van der Waals surface area contributed by atoms with E-state index in [1.165, 1.54) is 0 Å². The summed E-state index contributed by atoms with van der Waals surface area (Å²) in [5.41, 5.74) is 4.49. The largest absolute Gasteiger partial charge is 0.391 e. The highest BCUT2D eigenvalue weighted by Crippen LogP contribution is 2.02. The molecule has 0 aromatic heterocycles. The van der Waals surface area contributed by atoms with Gasteiger partial charge in [-0.2, -0.15) is 0 Å². The van der Waals surface area contributed by atoms with Crippen LogP contribution in [0.15, 0.2) is 0 Å². The highest BCUT2D eigenvalue weighted by Gasteiger charge is 2.24. The van der Waals surface area contributed by atoms with Gasteiger partial charge in [-0.05, 0) is 13.8 Å². The third kappa shape index (κ3) is 5.13. The van der Waals surface area contributed by atoms with E-state index in [2.05, 4.69) is 5.32 Å². The highest BCUT2D eigenvalue weighted by molar-refractivity contribution is 7.91. The molecule has 0 radical (unpaired) electrons. The van der Waals surface area contributed by atoms with Crippen LogP contribution in [0.5, 0.6) is 0 Å². The van der Waals surface area contributed by atoms with Gasteiger partial charge in [0, 0.05) is 6.26 Å². The monoisotopic (exact) mass is 238 g/mol. The lowest BCUT2D eigenvalue weighted by atomic mass is 10.1. The molecule has 0 heterocycles. The molecule has 0 aliphatic heterocycles. The lowest BCUT2D eigenvalue weighted by Crippen LogP contribution is -2.53. The van der Waals surface area contributed by atoms with Gasteiger partial charge in [-0.1, -0.05) is 12.2 Å². The van der Waals surface area contributed by atoms with Crippen molar-refractivity contribution in [2.45, 2.75) is 19.4 Å². The minimum absolute atomic E-state index is 0.111. The van der Waals surface area contributed by atoms with Crippen molar-refractivity contribution in [3.05, 3.63) is 0 Å². The van der Waals surface area contributed by atoms with E-state index in [-0.39, 0.29) is 4.99 Å². The molecule has 0 bridgehead atoms. The lowest BCUT2D eigenvalue weighted by molar-refractivity contribution is -0.119. The minimum atomic E-state index is -3.32. The van der Waals surface area contributed by atoms with Crippen molar-refractivity contribution in [1.29, 1.82) is 0 Å². The average molecular weight is 238 g/mol. The average Bonchev–Trinajstić information content (AvgIpc) is 1.79. The zero-order valence-electron chi connectivity index (χ0n) is 8.33. The zero-order chi connectivity index (χ0) is 11.6. The molecule has 14 heavy (non-hydrogen) atoms. The van der Waals surface area contributed by atoms with E-state index in [0.717, 1.165) is 6.26 Å². The standard InChI is InChI=1S/C7H14N2O3S2/c1-7(2,6(8)13)9-5(10)4-14(3,11)12/h4H2,1-3H3,(H2,8,13)(H,9,10). The fourth-order valence-electron chi connectivity index (χ4n) is 0.684. The topological polar surface area (TPSA) is 89.3 Å². The van der Waals surface area contributed by atoms with Crippen LogP contribution in [-0.4, -0.2) is 36.9 Å². The van der Waals surface area contributed by atoms with Crippen molar-refractivity contribution >= 4 is 33.0 Å². The van der Waals surface area contributed by atoms with Gasteiger partial charge >= 0.3 is 0 Å². The Balaban J connectivity index is 4.42. The van der Waals surface area contributed by atoms with E-state index in [0.29, 0.717) is 0 Å². The van der Waals surface area contributed by atoms with Gasteiger partial charge in [-0.3, -0.25) is 4.79 Å². The second-order valence-corrected chi connectivity index (χ2v) is 6.19. The second kappa shape index (κ2) is 4.22. The van der Waals surface area contributed by atoms with E-state index in [9.17, 15) is 13.2 Å². The van der Waals surface area contributed by atoms with Crippen LogP contribution in [0.4, 0.5) is 0 Å². The summed E-state index contributed by atoms with van der Waals surface area (Å²) in [6, 6.07) is 0. The number of hydrogen-bond acceptors (Lipinski definition) is 4. The number of thiocarbonyl (C=S) groups is 1. The third-order valence-corrected chi connectivity index (χ3v) is 2.76. The van der Waals surface area contributed by atoms with Crippen LogP contribution in [0.2, 0.25) is 0 Å². The van der Waals surface area contributed by atoms with Crippen LogP contribution in [0.1, 0.15) is 13.8 Å². The molecule has 0 aromatic carbocycles. The summed E-state index contributed by atoms with van der Waals surface area (Å²) in [5.74, 6) is -1.16. The fourth-order valence-corrected chi connectivity index (χ4v) is 1.28. The van der Waals surface area contributed by atoms with Gasteiger partial charge in [0.15, 0.2) is 9.84 Å². The molecule has 0 rings (SSSR count). The van der Waals surface area contributed by atoms with E-state index in [1.807, 2.05) is 0 Å². The van der Waals surface area contributed by atoms with E-state index in [4.69, 9.17) is 18.0 Å². The number of nitrogens with one attached hydrogen (secondary N) is 1. The quantitative estimate of drug-likeness (QED) is 0.627. The molecule has 3 N–H and O–H groups in total. The second-order valence-electron chi connectivity index (χ2n) is 3.61. The van der Waals surface area contributed by atoms with Crippen LogP contribution in [0.3, 0.4) is 0 Å². The molecule has 0 aliphatic rings. The number of hydrogen-bond donors (Lipinski definition) is 2. The number of nitrogens with two attached hydrogens (primary N) is 1. The maximum absolute atomic E-state index is 11.2. The van der Waals surface area contributed by atoms with Crippen molar-refractivity contribution in [1.82, 2.24) is 5.32 Å². The summed E-state index contributed by atoms with van der Waals surface area (Å²) < 4.78 is 21.5. The van der Waals surface area contributed by atoms with Gasteiger partial charge < -0.3 is 11.1 Å². The van der Waals surface area contributed by atoms with E-state index < -0.39 is 27.0 Å². The first-order valence-corrected chi connectivity index (χ1v) is 6.30. The molecule has 0 fully saturated rings. The first-order chi connectivity index (χ1) is 6.04. The summed E-state index contributed by atoms with van der Waals surface area (Å²) >= 11 is 4.70. The van der Waals surface area contributed by atoms with E-state index in [1.54, 1.807) is 13.8 Å². The van der Waals surface area contributed by atoms with Crippen LogP contribution < -0.4 is 11.1 Å². The first kappa shape index (κ1) is 13.3. The molecule has 1 amide bonds. The van der Waals surface area contributed by atoms with E-state index >= 15 is 0 Å². The summed E-state index contributed by atoms with van der Waals surface area (Å²) in [5, 5.41) is 2.43. The Kier molecular flexibility index (Phi) is 4.01. The molecule has 82 valence electrons. The molecule has 7 heteroatoms. The summed E-state index contributed by atoms with van der Waals surface area (Å²) in [6.07, 6.45) is 0.986. The predicted molar refractivity (Wildman–Crippen MR) is 58.7 cm³/mol. The number of sulfone groups is 1. The number of rotatable bonds is 4. The lowest BCUT2D eigenvalue weighted by Gasteiger charge is -2.24. The zero-order valence-corrected chi connectivity index (χ0v) is 9.96. The van der Waals surface area contributed by atoms with Gasteiger partial charge in [0.2, 0.25) is 5.91 Å². The smallest absolute Gasteiger partial charge is 0.235 e. The third-order valence-electron chi connectivity index (χ3n) is 1.46. The normalized spacial score (nSPS) is 12.2. The molecule has 0 saturated carbocycles.